The molecular formula is C31H25F3. The zero-order valence-electron chi connectivity index (χ0n) is 18.9. The molecule has 0 amide bonds. The van der Waals surface area contributed by atoms with Crippen LogP contribution in [0, 0.1) is 5.82 Å². The van der Waals surface area contributed by atoms with Crippen LogP contribution in [-0.4, -0.2) is 0 Å². The molecule has 0 fully saturated rings. The Morgan fingerprint density at radius 2 is 1.12 bits per heavy atom. The average Bonchev–Trinajstić information content (AvgIpc) is 2.88. The Balaban J connectivity index is 1.40. The highest BCUT2D eigenvalue weighted by Crippen LogP contribution is 2.29. The second-order valence-electron chi connectivity index (χ2n) is 8.35. The van der Waals surface area contributed by atoms with Crippen LogP contribution in [-0.2, 0) is 6.42 Å². The van der Waals surface area contributed by atoms with Crippen molar-refractivity contribution in [1.82, 2.24) is 0 Å². The lowest BCUT2D eigenvalue weighted by atomic mass is 9.93. The molecule has 0 aliphatic carbocycles. The van der Waals surface area contributed by atoms with Crippen LogP contribution in [0.1, 0.15) is 46.2 Å². The van der Waals surface area contributed by atoms with E-state index in [2.05, 4.69) is 55.5 Å². The van der Waals surface area contributed by atoms with Gasteiger partial charge < -0.3 is 0 Å². The highest BCUT2D eigenvalue weighted by atomic mass is 19.2. The molecule has 0 unspecified atom stereocenters. The first kappa shape index (κ1) is 23.3. The first-order valence-electron chi connectivity index (χ1n) is 11.2. The van der Waals surface area contributed by atoms with Crippen molar-refractivity contribution in [3.05, 3.63) is 142 Å². The summed E-state index contributed by atoms with van der Waals surface area (Å²) in [5.41, 5.74) is 4.69. The van der Waals surface area contributed by atoms with E-state index in [0.29, 0.717) is 5.92 Å². The van der Waals surface area contributed by atoms with Crippen molar-refractivity contribution in [3.8, 4) is 0 Å². The van der Waals surface area contributed by atoms with Crippen LogP contribution >= 0.6 is 0 Å². The molecule has 0 aliphatic rings. The molecule has 3 heteroatoms. The van der Waals surface area contributed by atoms with Crippen LogP contribution in [0.5, 0.6) is 0 Å². The Kier molecular flexibility index (Phi) is 7.44. The lowest BCUT2D eigenvalue weighted by Gasteiger charge is -2.12. The van der Waals surface area contributed by atoms with Gasteiger partial charge in [-0.05, 0) is 58.9 Å². The molecule has 0 aliphatic heterocycles. The predicted octanol–water partition coefficient (Wildman–Crippen LogP) is 9.11. The van der Waals surface area contributed by atoms with Crippen LogP contribution in [0.2, 0.25) is 0 Å². The van der Waals surface area contributed by atoms with Gasteiger partial charge in [-0.2, -0.15) is 0 Å². The zero-order chi connectivity index (χ0) is 23.9. The summed E-state index contributed by atoms with van der Waals surface area (Å²) in [6.45, 7) is 2.23. The second kappa shape index (κ2) is 10.8. The van der Waals surface area contributed by atoms with E-state index in [1.54, 1.807) is 12.1 Å². The van der Waals surface area contributed by atoms with Gasteiger partial charge in [-0.1, -0.05) is 97.9 Å². The molecule has 0 N–H and O–H groups in total. The SMILES string of the molecule is C[C@H](Cc1ccc(C=Cc2ccc(C(F)=C(F)c3ccc(F)cc3)cc2)cc1)c1ccccc1. The fraction of sp³-hybridized carbons (Fsp3) is 0.0968. The molecule has 0 saturated carbocycles. The van der Waals surface area contributed by atoms with E-state index in [1.807, 2.05) is 18.2 Å². The average molecular weight is 455 g/mol. The maximum absolute atomic E-state index is 14.5. The zero-order valence-corrected chi connectivity index (χ0v) is 18.9. The standard InChI is InChI=1S/C31H25F3/c1-22(26-5-3-2-4-6-26)21-25-11-9-23(10-12-25)7-8-24-13-15-27(16-14-24)30(33)31(34)28-17-19-29(32)20-18-28/h2-20,22H,21H2,1H3/t22-/m1/s1. The molecule has 0 bridgehead atoms. The second-order valence-corrected chi connectivity index (χ2v) is 8.35. The summed E-state index contributed by atoms with van der Waals surface area (Å²) < 4.78 is 41.9. The molecular weight excluding hydrogens is 429 g/mol. The van der Waals surface area contributed by atoms with Gasteiger partial charge in [0, 0.05) is 11.1 Å². The van der Waals surface area contributed by atoms with E-state index in [0.717, 1.165) is 29.7 Å². The fourth-order valence-electron chi connectivity index (χ4n) is 3.80. The normalized spacial score (nSPS) is 13.1. The Morgan fingerprint density at radius 1 is 0.647 bits per heavy atom. The summed E-state index contributed by atoms with van der Waals surface area (Å²) in [7, 11) is 0. The van der Waals surface area contributed by atoms with E-state index in [9.17, 15) is 13.2 Å². The highest BCUT2D eigenvalue weighted by Gasteiger charge is 2.11. The van der Waals surface area contributed by atoms with Crippen LogP contribution < -0.4 is 0 Å². The largest absolute Gasteiger partial charge is 0.207 e. The summed E-state index contributed by atoms with van der Waals surface area (Å²) in [6, 6.07) is 30.1. The lowest BCUT2D eigenvalue weighted by molar-refractivity contribution is 0.627. The number of hydrogen-bond donors (Lipinski definition) is 0. The fourth-order valence-corrected chi connectivity index (χ4v) is 3.80. The number of benzene rings is 4. The van der Waals surface area contributed by atoms with Crippen molar-refractivity contribution in [2.45, 2.75) is 19.3 Å². The molecule has 0 saturated heterocycles. The van der Waals surface area contributed by atoms with Crippen molar-refractivity contribution in [1.29, 1.82) is 0 Å². The maximum Gasteiger partial charge on any atom is 0.166 e. The van der Waals surface area contributed by atoms with Crippen molar-refractivity contribution in [3.63, 3.8) is 0 Å². The van der Waals surface area contributed by atoms with Crippen molar-refractivity contribution < 1.29 is 13.2 Å². The van der Waals surface area contributed by atoms with Crippen LogP contribution in [0.15, 0.2) is 103 Å². The van der Waals surface area contributed by atoms with Gasteiger partial charge in [-0.25, -0.2) is 13.2 Å². The van der Waals surface area contributed by atoms with Crippen molar-refractivity contribution >= 4 is 23.8 Å². The summed E-state index contributed by atoms with van der Waals surface area (Å²) in [6.07, 6.45) is 4.90. The summed E-state index contributed by atoms with van der Waals surface area (Å²) >= 11 is 0. The van der Waals surface area contributed by atoms with Gasteiger partial charge in [0.2, 0.25) is 0 Å². The first-order chi connectivity index (χ1) is 16.5. The third-order valence-electron chi connectivity index (χ3n) is 5.81. The van der Waals surface area contributed by atoms with Crippen LogP contribution in [0.25, 0.3) is 23.8 Å². The van der Waals surface area contributed by atoms with Crippen LogP contribution in [0.4, 0.5) is 13.2 Å². The van der Waals surface area contributed by atoms with E-state index >= 15 is 0 Å². The molecule has 0 radical (unpaired) electrons. The van der Waals surface area contributed by atoms with Gasteiger partial charge in [-0.15, -0.1) is 0 Å². The number of halogens is 3. The molecule has 0 aromatic heterocycles. The molecule has 34 heavy (non-hydrogen) atoms. The summed E-state index contributed by atoms with van der Waals surface area (Å²) in [5.74, 6) is -2.03. The molecule has 0 spiro atoms. The Bertz CT molecular complexity index is 1270. The Morgan fingerprint density at radius 3 is 1.65 bits per heavy atom. The van der Waals surface area contributed by atoms with Gasteiger partial charge in [0.05, 0.1) is 0 Å². The van der Waals surface area contributed by atoms with Gasteiger partial charge in [-0.3, -0.25) is 0 Å². The van der Waals surface area contributed by atoms with E-state index in [4.69, 9.17) is 0 Å². The third kappa shape index (κ3) is 5.93. The third-order valence-corrected chi connectivity index (χ3v) is 5.81. The molecule has 170 valence electrons. The van der Waals surface area contributed by atoms with E-state index in [1.165, 1.54) is 35.4 Å². The minimum absolute atomic E-state index is 0.00415. The molecule has 0 heterocycles. The number of rotatable bonds is 7. The maximum atomic E-state index is 14.5. The van der Waals surface area contributed by atoms with Crippen molar-refractivity contribution in [2.24, 2.45) is 0 Å². The highest BCUT2D eigenvalue weighted by molar-refractivity contribution is 5.83. The number of hydrogen-bond acceptors (Lipinski definition) is 0. The summed E-state index contributed by atoms with van der Waals surface area (Å²) in [5, 5.41) is 0. The lowest BCUT2D eigenvalue weighted by Crippen LogP contribution is -1.98. The van der Waals surface area contributed by atoms with Crippen molar-refractivity contribution in [2.75, 3.05) is 0 Å². The minimum atomic E-state index is -1.01. The smallest absolute Gasteiger partial charge is 0.166 e. The first-order valence-corrected chi connectivity index (χ1v) is 11.2. The van der Waals surface area contributed by atoms with Crippen LogP contribution in [0.3, 0.4) is 0 Å². The molecule has 0 nitrogen and oxygen atoms in total. The van der Waals surface area contributed by atoms with Gasteiger partial charge in [0.25, 0.3) is 0 Å². The van der Waals surface area contributed by atoms with Gasteiger partial charge >= 0.3 is 0 Å². The molecule has 4 rings (SSSR count). The van der Waals surface area contributed by atoms with Gasteiger partial charge in [0.1, 0.15) is 5.82 Å². The van der Waals surface area contributed by atoms with E-state index < -0.39 is 17.5 Å². The molecule has 4 aromatic carbocycles. The minimum Gasteiger partial charge on any atom is -0.207 e. The molecule has 1 atom stereocenters. The summed E-state index contributed by atoms with van der Waals surface area (Å²) in [4.78, 5) is 0. The molecule has 4 aromatic rings. The Hall–Kier alpha value is -3.85. The topological polar surface area (TPSA) is 0 Å². The monoisotopic (exact) mass is 454 g/mol. The van der Waals surface area contributed by atoms with E-state index in [-0.39, 0.29) is 11.1 Å². The quantitative estimate of drug-likeness (QED) is 0.244. The van der Waals surface area contributed by atoms with Gasteiger partial charge in [0.15, 0.2) is 11.7 Å². The Labute approximate surface area is 198 Å². The predicted molar refractivity (Wildman–Crippen MR) is 136 cm³/mol.